The summed E-state index contributed by atoms with van der Waals surface area (Å²) in [5.74, 6) is 8.29. The Morgan fingerprint density at radius 2 is 1.68 bits per heavy atom. The number of phenolic OH excluding ortho intramolecular Hbond substituents is 2. The van der Waals surface area contributed by atoms with Crippen molar-refractivity contribution in [3.05, 3.63) is 123 Å². The second-order valence-corrected chi connectivity index (χ2v) is 25.2. The van der Waals surface area contributed by atoms with Crippen molar-refractivity contribution in [1.82, 2.24) is 4.98 Å². The average molecular weight is 998 g/mol. The summed E-state index contributed by atoms with van der Waals surface area (Å²) < 4.78 is 6.21. The number of aliphatic hydroxyl groups is 3. The summed E-state index contributed by atoms with van der Waals surface area (Å²) in [7, 11) is 3.47. The predicted molar refractivity (Wildman–Crippen MR) is 277 cm³/mol. The molecule has 13 heteroatoms. The van der Waals surface area contributed by atoms with Crippen LogP contribution in [0, 0.1) is 45.3 Å². The number of fused-ring (bicyclic) bond motifs is 8. The molecule has 1 aliphatic heterocycles. The van der Waals surface area contributed by atoms with Crippen LogP contribution in [0.4, 0.5) is 0 Å². The molecule has 71 heavy (non-hydrogen) atoms. The van der Waals surface area contributed by atoms with Crippen molar-refractivity contribution in [2.45, 2.75) is 132 Å². The fourth-order valence-corrected chi connectivity index (χ4v) is 18.1. The van der Waals surface area contributed by atoms with Crippen LogP contribution in [-0.4, -0.2) is 72.8 Å². The number of hydrogen-bond acceptors (Lipinski definition) is 12. The Morgan fingerprint density at radius 3 is 2.51 bits per heavy atom. The molecule has 374 valence electrons. The minimum absolute atomic E-state index is 0.00265. The van der Waals surface area contributed by atoms with Gasteiger partial charge < -0.3 is 46.7 Å². The number of phenols is 2. The lowest BCUT2D eigenvalue weighted by Gasteiger charge is -2.64. The summed E-state index contributed by atoms with van der Waals surface area (Å²) >= 11 is 0. The number of rotatable bonds is 2. The number of nitrogens with two attached hydrogens (primary N) is 2. The van der Waals surface area contributed by atoms with E-state index in [0.29, 0.717) is 72.6 Å². The smallest absolute Gasteiger partial charge is 0.165 e. The number of allylic oxidation sites excluding steroid dienone is 2. The molecule has 10 N–H and O–H groups in total. The number of H-pyrrole nitrogens is 1. The van der Waals surface area contributed by atoms with Crippen LogP contribution in [0.1, 0.15) is 151 Å². The number of ketones is 2. The van der Waals surface area contributed by atoms with Crippen LogP contribution in [0.2, 0.25) is 0 Å². The predicted octanol–water partition coefficient (Wildman–Crippen LogP) is 8.85. The van der Waals surface area contributed by atoms with Crippen LogP contribution in [-0.2, 0) is 29.8 Å². The van der Waals surface area contributed by atoms with Crippen molar-refractivity contribution in [2.24, 2.45) is 45.0 Å². The number of aryl methyl sites for hydroxylation is 1. The zero-order valence-electron chi connectivity index (χ0n) is 40.4. The van der Waals surface area contributed by atoms with E-state index in [0.717, 1.165) is 90.6 Å². The fourth-order valence-electron chi connectivity index (χ4n) is 15.4. The number of aliphatic hydroxyl groups excluding tert-OH is 2. The molecule has 7 aliphatic rings. The van der Waals surface area contributed by atoms with Gasteiger partial charge in [0.15, 0.2) is 23.1 Å². The lowest BCUT2D eigenvalue weighted by atomic mass is 9.41. The fraction of sp³-hybridized carbons (Fsp3) is 0.517. The van der Waals surface area contributed by atoms with Gasteiger partial charge in [0, 0.05) is 70.7 Å². The van der Waals surface area contributed by atoms with Crippen LogP contribution in [0.5, 0.6) is 17.2 Å². The highest BCUT2D eigenvalue weighted by molar-refractivity contribution is 8.76. The number of Topliss-reactive ketones (excluding diaryl/α,β-unsaturated/α-hetero) is 1. The maximum atomic E-state index is 14.3. The number of aromatic hydroxyl groups is 2. The zero-order chi connectivity index (χ0) is 49.3. The molecule has 0 amide bonds. The van der Waals surface area contributed by atoms with Crippen LogP contribution in [0.25, 0.3) is 0 Å². The molecular weight excluding hydrogens is 931 g/mol. The first-order chi connectivity index (χ1) is 34.1. The molecule has 11 nitrogen and oxygen atoms in total. The zero-order valence-corrected chi connectivity index (χ0v) is 42.0. The molecule has 0 radical (unpaired) electrons. The van der Waals surface area contributed by atoms with E-state index in [9.17, 15) is 35.1 Å². The molecule has 0 saturated heterocycles. The lowest BCUT2D eigenvalue weighted by Crippen LogP contribution is -2.59. The summed E-state index contributed by atoms with van der Waals surface area (Å²) in [5.41, 5.74) is 18.1. The van der Waals surface area contributed by atoms with Gasteiger partial charge in [-0.3, -0.25) is 9.59 Å². The SMILES string of the molecule is NC(N)c1cc2c3cc1CSSC[C@]14C[C@H]5C[C@@]67CCC[C@]6(C[C@@H]5[C@](/C=C/C(=O)CCc5ccc(O)c(c5)OCCc5ccc(O)c(c5)[C@H]3CC(=O)c3cc[nH]c3CC#C2)(C[C@@H]1O)C4)C[C@](O)(CO)CC7. The highest BCUT2D eigenvalue weighted by atomic mass is 33.1. The molecule has 6 aliphatic carbocycles. The number of hydrogen-bond donors (Lipinski definition) is 8. The molecule has 5 fully saturated rings. The third kappa shape index (κ3) is 8.77. The van der Waals surface area contributed by atoms with E-state index in [2.05, 4.69) is 29.0 Å². The second-order valence-electron chi connectivity index (χ2n) is 22.8. The van der Waals surface area contributed by atoms with Gasteiger partial charge in [0.25, 0.3) is 0 Å². The maximum absolute atomic E-state index is 14.3. The Balaban J connectivity index is 0.978. The van der Waals surface area contributed by atoms with Gasteiger partial charge in [0.1, 0.15) is 5.75 Å². The Labute approximate surface area is 424 Å². The van der Waals surface area contributed by atoms with Crippen LogP contribution in [0.3, 0.4) is 0 Å². The normalized spacial score (nSPS) is 34.2. The van der Waals surface area contributed by atoms with Gasteiger partial charge in [0.05, 0.1) is 37.5 Å². The summed E-state index contributed by atoms with van der Waals surface area (Å²) in [4.78, 5) is 31.5. The molecule has 5 saturated carbocycles. The Kier molecular flexibility index (Phi) is 12.9. The first kappa shape index (κ1) is 48.7. The van der Waals surface area contributed by atoms with Gasteiger partial charge in [-0.05, 0) is 163 Å². The van der Waals surface area contributed by atoms with Gasteiger partial charge in [-0.2, -0.15) is 0 Å². The minimum Gasteiger partial charge on any atom is -0.508 e. The van der Waals surface area contributed by atoms with Gasteiger partial charge in [-0.1, -0.05) is 70.2 Å². The van der Waals surface area contributed by atoms with Crippen molar-refractivity contribution in [1.29, 1.82) is 0 Å². The van der Waals surface area contributed by atoms with Crippen molar-refractivity contribution in [3.63, 3.8) is 0 Å². The quantitative estimate of drug-likeness (QED) is 0.0538. The second kappa shape index (κ2) is 18.8. The van der Waals surface area contributed by atoms with Crippen LogP contribution < -0.4 is 16.2 Å². The largest absolute Gasteiger partial charge is 0.508 e. The molecule has 0 spiro atoms. The molecule has 1 aromatic heterocycles. The van der Waals surface area contributed by atoms with Crippen molar-refractivity contribution in [2.75, 3.05) is 19.0 Å². The first-order valence-electron chi connectivity index (χ1n) is 25.8. The standard InChI is InChI=1S/C58H67N3O8S2/c59-53(60)43-23-37-3-1-4-47-41(12-19-61-47)50(66)25-44-42(37)24-38(43)30-70-71-34-55-26-39-27-56-14-2-15-57(56,32-58(68,33-62)18-17-56)28-46(39)54(31-55,29-52(55)67)16-11-40(63)8-5-35-7-10-49(65)51(22-35)69-20-13-36-6-9-48(64)45(44)21-36/h6-7,9-12,16,19,21-24,39,44,46,52-53,61-62,64-65,67-68H,2,4-5,8,13-15,17-18,20,25-34,59-60H2/b16-11+/t39-,44-,46-,52-,54+,55+,56-,57-,58-/m0/s1. The van der Waals surface area contributed by atoms with E-state index in [1.807, 2.05) is 24.3 Å². The number of nitrogens with one attached hydrogen (secondary N) is 1. The number of carbonyl (C=O) groups is 2. The van der Waals surface area contributed by atoms with Crippen LogP contribution in [0.15, 0.2) is 72.9 Å². The monoisotopic (exact) mass is 997 g/mol. The topological polar surface area (TPSA) is 212 Å². The first-order valence-corrected chi connectivity index (χ1v) is 28.2. The van der Waals surface area contributed by atoms with E-state index in [1.54, 1.807) is 58.1 Å². The molecule has 11 rings (SSSR count). The Bertz CT molecular complexity index is 2850. The molecule has 4 aromatic rings. The Hall–Kier alpha value is -4.52. The van der Waals surface area contributed by atoms with Gasteiger partial charge in [-0.15, -0.1) is 0 Å². The minimum atomic E-state index is -1.08. The van der Waals surface area contributed by atoms with E-state index in [4.69, 9.17) is 16.2 Å². The number of ether oxygens (including phenoxy) is 1. The molecule has 2 heterocycles. The molecule has 3 aromatic carbocycles. The summed E-state index contributed by atoms with van der Waals surface area (Å²) in [6.07, 6.45) is 15.6. The van der Waals surface area contributed by atoms with Crippen molar-refractivity contribution < 1.29 is 39.9 Å². The molecule has 9 atom stereocenters. The van der Waals surface area contributed by atoms with Crippen molar-refractivity contribution in [3.8, 4) is 29.1 Å². The van der Waals surface area contributed by atoms with Gasteiger partial charge in [-0.25, -0.2) is 0 Å². The van der Waals surface area contributed by atoms with Gasteiger partial charge >= 0.3 is 0 Å². The summed E-state index contributed by atoms with van der Waals surface area (Å²) in [5, 5.41) is 57.2. The number of aromatic nitrogens is 1. The third-order valence-electron chi connectivity index (χ3n) is 18.8. The molecule has 0 unspecified atom stereocenters. The van der Waals surface area contributed by atoms with E-state index >= 15 is 0 Å². The van der Waals surface area contributed by atoms with E-state index < -0.39 is 29.2 Å². The highest BCUT2D eigenvalue weighted by Crippen LogP contribution is 2.77. The average Bonchev–Trinajstić information content (AvgIpc) is 4.04. The summed E-state index contributed by atoms with van der Waals surface area (Å²) in [6, 6.07) is 16.5. The number of aromatic amines is 1. The van der Waals surface area contributed by atoms with E-state index in [-0.39, 0.29) is 71.3 Å². The summed E-state index contributed by atoms with van der Waals surface area (Å²) in [6.45, 7) is -0.00802. The third-order valence-corrected chi connectivity index (χ3v) is 21.3. The number of carbonyl (C=O) groups excluding carboxylic acids is 2. The lowest BCUT2D eigenvalue weighted by molar-refractivity contribution is -0.182. The molecular formula is C58H67N3O8S2. The van der Waals surface area contributed by atoms with Crippen molar-refractivity contribution >= 4 is 33.2 Å². The molecule has 8 bridgehead atoms. The van der Waals surface area contributed by atoms with E-state index in [1.165, 1.54) is 0 Å². The van der Waals surface area contributed by atoms with Crippen LogP contribution >= 0.6 is 21.6 Å². The Morgan fingerprint density at radius 1 is 0.859 bits per heavy atom. The maximum Gasteiger partial charge on any atom is 0.165 e. The number of benzene rings is 3. The van der Waals surface area contributed by atoms with Gasteiger partial charge in [0.2, 0.25) is 0 Å². The highest BCUT2D eigenvalue weighted by Gasteiger charge is 2.70.